The Hall–Kier alpha value is -11.7. The summed E-state index contributed by atoms with van der Waals surface area (Å²) in [7, 11) is 0. The number of aliphatic hydroxyl groups is 2. The number of carboxylic acids is 1. The number of nitrogens with one attached hydrogen (secondary N) is 20. The summed E-state index contributed by atoms with van der Waals surface area (Å²) in [6.45, 7) is 4.41. The van der Waals surface area contributed by atoms with Gasteiger partial charge in [-0.2, -0.15) is 25.3 Å². The lowest BCUT2D eigenvalue weighted by Crippen LogP contribution is -2.62. The SMILES string of the molecule is CC[C@H](C)[C@H](NC(=O)[C@H](CCCNC(=N)N)NC(=O)CNC(=O)CNC(=O)[C@H](Cc1ccc(O)cc1)NC(=O)[C@@H](C)NC(=O)[C@H](CS)NC(=O)[C@H](CO)NC(=O)[C@@H](N)CO)C(=O)N[C@@H](CC(=O)O)C(=O)N[C@@H](CCCNC(=N)N)C(=O)N[C@H](C(=O)N[C@@H](CS)C(=O)N[C@@H](Cc1ccccc1)C(=O)N[C@H](C=O)CCCNC(=N)N)[C@@H](C)CC. The third-order valence-corrected chi connectivity index (χ3v) is 18.6. The summed E-state index contributed by atoms with van der Waals surface area (Å²) in [5.41, 5.74) is 22.8. The maximum atomic E-state index is 14.5. The predicted molar refractivity (Wildman–Crippen MR) is 431 cm³/mol. The predicted octanol–water partition coefficient (Wildman–Crippen LogP) is -9.03. The quantitative estimate of drug-likeness (QED) is 0.00961. The number of thiol groups is 2. The Labute approximate surface area is 686 Å². The number of amides is 14. The van der Waals surface area contributed by atoms with E-state index >= 15 is 0 Å². The van der Waals surface area contributed by atoms with Crippen molar-refractivity contribution in [2.24, 2.45) is 34.8 Å². The highest BCUT2D eigenvalue weighted by atomic mass is 32.1. The first-order valence-corrected chi connectivity index (χ1v) is 38.7. The van der Waals surface area contributed by atoms with Gasteiger partial charge in [0.05, 0.1) is 38.8 Å². The molecule has 2 rings (SSSR count). The molecule has 2 aromatic carbocycles. The van der Waals surface area contributed by atoms with Crippen LogP contribution >= 0.6 is 25.3 Å². The second-order valence-electron chi connectivity index (χ2n) is 27.2. The van der Waals surface area contributed by atoms with Crippen LogP contribution in [-0.4, -0.2) is 269 Å². The van der Waals surface area contributed by atoms with Gasteiger partial charge >= 0.3 is 5.97 Å². The molecule has 46 heteroatoms. The molecular formula is C71H114N24O20S2. The second kappa shape index (κ2) is 54.2. The summed E-state index contributed by atoms with van der Waals surface area (Å²) in [6, 6.07) is -5.47. The van der Waals surface area contributed by atoms with Crippen LogP contribution < -0.4 is 113 Å². The molecule has 0 saturated carbocycles. The highest BCUT2D eigenvalue weighted by Gasteiger charge is 2.38. The van der Waals surface area contributed by atoms with Crippen molar-refractivity contribution >= 4 is 138 Å². The molecule has 0 saturated heterocycles. The smallest absolute Gasteiger partial charge is 0.305 e. The second-order valence-corrected chi connectivity index (χ2v) is 27.9. The van der Waals surface area contributed by atoms with E-state index in [-0.39, 0.29) is 101 Å². The number of aldehydes is 1. The lowest BCUT2D eigenvalue weighted by molar-refractivity contribution is -0.142. The molecule has 650 valence electrons. The molecule has 0 aliphatic carbocycles. The Morgan fingerprint density at radius 3 is 1.29 bits per heavy atom. The van der Waals surface area contributed by atoms with E-state index in [2.05, 4.69) is 116 Å². The molecule has 0 fully saturated rings. The molecule has 0 aliphatic heterocycles. The number of hydrogen-bond acceptors (Lipinski definition) is 25. The van der Waals surface area contributed by atoms with Gasteiger partial charge in [-0.15, -0.1) is 0 Å². The van der Waals surface area contributed by atoms with E-state index in [4.69, 9.17) is 44.3 Å². The van der Waals surface area contributed by atoms with Crippen LogP contribution in [0, 0.1) is 28.1 Å². The van der Waals surface area contributed by atoms with Crippen LogP contribution in [0.5, 0.6) is 5.75 Å². The van der Waals surface area contributed by atoms with Crippen molar-refractivity contribution in [1.29, 1.82) is 16.2 Å². The molecule has 32 N–H and O–H groups in total. The molecular weight excluding hydrogens is 1570 g/mol. The lowest BCUT2D eigenvalue weighted by atomic mass is 9.96. The van der Waals surface area contributed by atoms with Gasteiger partial charge in [-0.3, -0.25) is 88.1 Å². The van der Waals surface area contributed by atoms with Gasteiger partial charge in [0.15, 0.2) is 17.9 Å². The highest BCUT2D eigenvalue weighted by molar-refractivity contribution is 7.80. The van der Waals surface area contributed by atoms with E-state index in [0.29, 0.717) is 23.8 Å². The van der Waals surface area contributed by atoms with Gasteiger partial charge in [-0.1, -0.05) is 83.0 Å². The number of carbonyl (C=O) groups excluding carboxylic acids is 15. The third kappa shape index (κ3) is 39.0. The van der Waals surface area contributed by atoms with Crippen LogP contribution in [0.4, 0.5) is 0 Å². The van der Waals surface area contributed by atoms with Crippen molar-refractivity contribution in [3.63, 3.8) is 0 Å². The molecule has 44 nitrogen and oxygen atoms in total. The van der Waals surface area contributed by atoms with Crippen LogP contribution in [-0.2, 0) is 89.6 Å². The van der Waals surface area contributed by atoms with E-state index in [9.17, 15) is 92.0 Å². The first-order valence-electron chi connectivity index (χ1n) is 37.5. The Bertz CT molecular complexity index is 3710. The average molecular weight is 1690 g/mol. The number of aromatic hydroxyl groups is 1. The number of guanidine groups is 3. The van der Waals surface area contributed by atoms with Crippen LogP contribution in [0.15, 0.2) is 54.6 Å². The van der Waals surface area contributed by atoms with Gasteiger partial charge in [0.25, 0.3) is 0 Å². The minimum absolute atomic E-state index is 0.00785. The highest BCUT2D eigenvalue weighted by Crippen LogP contribution is 2.16. The molecule has 2 aromatic rings. The van der Waals surface area contributed by atoms with Crippen molar-refractivity contribution < 1.29 is 97.1 Å². The zero-order valence-electron chi connectivity index (χ0n) is 65.6. The molecule has 0 spiro atoms. The first-order chi connectivity index (χ1) is 55.3. The van der Waals surface area contributed by atoms with Crippen molar-refractivity contribution in [1.82, 2.24) is 90.4 Å². The molecule has 0 heterocycles. The summed E-state index contributed by atoms with van der Waals surface area (Å²) >= 11 is 8.39. The minimum atomic E-state index is -1.99. The zero-order valence-corrected chi connectivity index (χ0v) is 67.4. The van der Waals surface area contributed by atoms with Gasteiger partial charge < -0.3 is 139 Å². The zero-order chi connectivity index (χ0) is 88.0. The summed E-state index contributed by atoms with van der Waals surface area (Å²) in [6.07, 6.45) is -0.552. The number of benzene rings is 2. The summed E-state index contributed by atoms with van der Waals surface area (Å²) in [5.74, 6) is -19.1. The molecule has 0 aromatic heterocycles. The number of phenolic OH excluding ortho intramolecular Hbond substituents is 1. The fourth-order valence-electron chi connectivity index (χ4n) is 10.8. The van der Waals surface area contributed by atoms with E-state index in [1.807, 2.05) is 0 Å². The van der Waals surface area contributed by atoms with Gasteiger partial charge in [-0.05, 0) is 80.5 Å². The lowest BCUT2D eigenvalue weighted by Gasteiger charge is -2.30. The molecule has 0 unspecified atom stereocenters. The van der Waals surface area contributed by atoms with Crippen molar-refractivity contribution in [2.45, 2.75) is 184 Å². The first kappa shape index (κ1) is 101. The van der Waals surface area contributed by atoms with Crippen LogP contribution in [0.25, 0.3) is 0 Å². The standard InChI is InChI=1S/C71H114N24O20S2/c1-6-36(3)55(94-60(107)44(17-12-24-80-70(75)76)86-53(101)30-82-52(100)29-83-59(106)46(27-40-19-21-42(99)22-20-40)88-57(104)38(5)84-65(112)50(34-116)92-64(111)49(33-98)91-58(105)43(72)32-97)67(114)90-48(28-54(102)103)63(110)87-45(18-13-25-81-71(77)78)61(108)95-56(37(4)7-2)68(115)93-51(35-117)66(113)89-47(26-39-14-9-8-10-15-39)62(109)85-41(31-96)16-11-23-79-69(73)74/h8-10,14-15,19-22,31,36-38,41,43-51,55-56,97-99,116-117H,6-7,11-13,16-18,23-30,32-35,72H2,1-5H3,(H,82,100)(H,83,106)(H,84,112)(H,85,109)(H,86,101)(H,87,110)(H,88,104)(H,89,113)(H,90,114)(H,91,105)(H,92,111)(H,93,115)(H,94,107)(H,95,108)(H,102,103)(H4,73,74,79)(H4,75,76,80)(H4,77,78,81)/t36-,37-,38+,41-,43-,44-,45-,46-,47-,48-,49-,50-,51-,55-,56-/m0/s1. The topological polar surface area (TPSA) is 734 Å². The normalized spacial score (nSPS) is 14.7. The number of hydrogen-bond donors (Lipinski definition) is 30. The average Bonchev–Trinajstić information content (AvgIpc) is 0.852. The summed E-state index contributed by atoms with van der Waals surface area (Å²) < 4.78 is 0. The van der Waals surface area contributed by atoms with E-state index < -0.39 is 224 Å². The number of aliphatic carboxylic acids is 1. The van der Waals surface area contributed by atoms with Crippen LogP contribution in [0.2, 0.25) is 0 Å². The molecule has 0 radical (unpaired) electrons. The third-order valence-electron chi connectivity index (χ3n) is 17.9. The number of rotatable bonds is 55. The monoisotopic (exact) mass is 1690 g/mol. The van der Waals surface area contributed by atoms with Crippen LogP contribution in [0.1, 0.15) is 104 Å². The number of phenols is 1. The Balaban J connectivity index is 2.39. The Morgan fingerprint density at radius 1 is 0.427 bits per heavy atom. The Morgan fingerprint density at radius 2 is 0.821 bits per heavy atom. The maximum Gasteiger partial charge on any atom is 0.305 e. The number of nitrogens with two attached hydrogens (primary N) is 4. The van der Waals surface area contributed by atoms with E-state index in [1.165, 1.54) is 38.1 Å². The summed E-state index contributed by atoms with van der Waals surface area (Å²) in [4.78, 5) is 217. The van der Waals surface area contributed by atoms with Gasteiger partial charge in [0, 0.05) is 44.0 Å². The van der Waals surface area contributed by atoms with Crippen molar-refractivity contribution in [3.8, 4) is 5.75 Å². The minimum Gasteiger partial charge on any atom is -0.508 e. The Kier molecular flexibility index (Phi) is 47.0. The molecule has 14 amide bonds. The maximum absolute atomic E-state index is 14.5. The van der Waals surface area contributed by atoms with Gasteiger partial charge in [-0.25, -0.2) is 0 Å². The van der Waals surface area contributed by atoms with E-state index in [0.717, 1.165) is 0 Å². The largest absolute Gasteiger partial charge is 0.508 e. The summed E-state index contributed by atoms with van der Waals surface area (Å²) in [5, 5.41) is 103. The van der Waals surface area contributed by atoms with Gasteiger partial charge in [0.1, 0.15) is 84.5 Å². The van der Waals surface area contributed by atoms with E-state index in [1.54, 1.807) is 51.1 Å². The number of aliphatic hydroxyl groups excluding tert-OH is 2. The van der Waals surface area contributed by atoms with Gasteiger partial charge in [0.2, 0.25) is 82.7 Å². The molecule has 117 heavy (non-hydrogen) atoms. The molecule has 0 bridgehead atoms. The number of carboxylic acid groups (broad SMARTS) is 1. The fraction of sp³-hybridized carbons (Fsp3) is 0.563. The molecule has 0 aliphatic rings. The van der Waals surface area contributed by atoms with Crippen LogP contribution in [0.3, 0.4) is 0 Å². The van der Waals surface area contributed by atoms with Crippen molar-refractivity contribution in [2.75, 3.05) is 57.4 Å². The number of carbonyl (C=O) groups is 16. The van der Waals surface area contributed by atoms with Crippen molar-refractivity contribution in [3.05, 3.63) is 65.7 Å². The molecule has 15 atom stereocenters. The fourth-order valence-corrected chi connectivity index (χ4v) is 11.3.